The van der Waals surface area contributed by atoms with Gasteiger partial charge in [-0.2, -0.15) is 5.10 Å². The highest BCUT2D eigenvalue weighted by molar-refractivity contribution is 7.15. The van der Waals surface area contributed by atoms with Gasteiger partial charge < -0.3 is 5.32 Å². The fourth-order valence-electron chi connectivity index (χ4n) is 2.00. The molecule has 0 spiro atoms. The summed E-state index contributed by atoms with van der Waals surface area (Å²) in [6, 6.07) is 9.68. The highest BCUT2D eigenvalue weighted by Crippen LogP contribution is 2.29. The standard InChI is InChI=1S/C15H13Cl2N3S/c1-10-14(8-15(21-10)20-6-2-5-19-20)18-9-11-3-4-12(16)13(17)7-11/h2-8,18H,9H2,1H3. The predicted molar refractivity (Wildman–Crippen MR) is 90.0 cm³/mol. The van der Waals surface area contributed by atoms with Gasteiger partial charge in [-0.05, 0) is 36.8 Å². The van der Waals surface area contributed by atoms with Gasteiger partial charge in [0.05, 0.1) is 15.7 Å². The molecule has 0 bridgehead atoms. The molecule has 0 aliphatic rings. The van der Waals surface area contributed by atoms with Crippen LogP contribution in [-0.2, 0) is 6.54 Å². The van der Waals surface area contributed by atoms with Crippen LogP contribution in [0.5, 0.6) is 0 Å². The molecule has 1 aromatic carbocycles. The Hall–Kier alpha value is -1.49. The number of halogens is 2. The zero-order valence-corrected chi connectivity index (χ0v) is 13.6. The van der Waals surface area contributed by atoms with Crippen molar-refractivity contribution >= 4 is 40.2 Å². The SMILES string of the molecule is Cc1sc(-n2cccn2)cc1NCc1ccc(Cl)c(Cl)c1. The van der Waals surface area contributed by atoms with Crippen molar-refractivity contribution in [2.75, 3.05) is 5.32 Å². The molecule has 3 rings (SSSR count). The molecule has 0 radical (unpaired) electrons. The van der Waals surface area contributed by atoms with Gasteiger partial charge in [-0.1, -0.05) is 29.3 Å². The van der Waals surface area contributed by atoms with Crippen molar-refractivity contribution in [1.29, 1.82) is 0 Å². The number of rotatable bonds is 4. The summed E-state index contributed by atoms with van der Waals surface area (Å²) in [7, 11) is 0. The maximum Gasteiger partial charge on any atom is 0.119 e. The molecule has 0 saturated carbocycles. The summed E-state index contributed by atoms with van der Waals surface area (Å²) < 4.78 is 1.86. The van der Waals surface area contributed by atoms with Crippen LogP contribution in [0.15, 0.2) is 42.7 Å². The third-order valence-corrected chi connectivity index (χ3v) is 4.88. The van der Waals surface area contributed by atoms with Crippen LogP contribution in [-0.4, -0.2) is 9.78 Å². The molecule has 0 saturated heterocycles. The van der Waals surface area contributed by atoms with E-state index in [9.17, 15) is 0 Å². The van der Waals surface area contributed by atoms with Gasteiger partial charge in [0.2, 0.25) is 0 Å². The quantitative estimate of drug-likeness (QED) is 0.712. The molecule has 0 amide bonds. The molecular formula is C15H13Cl2N3S. The number of aryl methyl sites for hydroxylation is 1. The number of nitrogens with one attached hydrogen (secondary N) is 1. The van der Waals surface area contributed by atoms with E-state index in [-0.39, 0.29) is 0 Å². The number of benzene rings is 1. The first kappa shape index (κ1) is 14.4. The topological polar surface area (TPSA) is 29.9 Å². The van der Waals surface area contributed by atoms with Gasteiger partial charge in [0.1, 0.15) is 5.00 Å². The Kier molecular flexibility index (Phi) is 4.19. The Labute approximate surface area is 137 Å². The second-order valence-corrected chi connectivity index (χ2v) is 6.66. The molecule has 3 aromatic rings. The maximum atomic E-state index is 6.03. The first-order valence-corrected chi connectivity index (χ1v) is 7.99. The largest absolute Gasteiger partial charge is 0.380 e. The van der Waals surface area contributed by atoms with E-state index in [1.807, 2.05) is 35.1 Å². The van der Waals surface area contributed by atoms with Crippen molar-refractivity contribution < 1.29 is 0 Å². The van der Waals surface area contributed by atoms with Crippen LogP contribution in [0.25, 0.3) is 5.00 Å². The third kappa shape index (κ3) is 3.23. The summed E-state index contributed by atoms with van der Waals surface area (Å²) in [4.78, 5) is 1.22. The molecule has 0 unspecified atom stereocenters. The van der Waals surface area contributed by atoms with E-state index in [4.69, 9.17) is 23.2 Å². The lowest BCUT2D eigenvalue weighted by atomic mass is 10.2. The molecular weight excluding hydrogens is 325 g/mol. The predicted octanol–water partition coefficient (Wildman–Crippen LogP) is 5.16. The number of hydrogen-bond donors (Lipinski definition) is 1. The normalized spacial score (nSPS) is 10.8. The molecule has 3 nitrogen and oxygen atoms in total. The summed E-state index contributed by atoms with van der Waals surface area (Å²) in [6.45, 7) is 2.79. The van der Waals surface area contributed by atoms with Crippen LogP contribution in [0.4, 0.5) is 5.69 Å². The van der Waals surface area contributed by atoms with Crippen molar-refractivity contribution in [3.63, 3.8) is 0 Å². The minimum atomic E-state index is 0.577. The summed E-state index contributed by atoms with van der Waals surface area (Å²) in [5, 5.41) is 9.92. The van der Waals surface area contributed by atoms with Crippen LogP contribution in [0.3, 0.4) is 0 Å². The van der Waals surface area contributed by atoms with Gasteiger partial charge in [0, 0.05) is 23.8 Å². The van der Waals surface area contributed by atoms with Gasteiger partial charge in [-0.25, -0.2) is 4.68 Å². The summed E-state index contributed by atoms with van der Waals surface area (Å²) in [5.41, 5.74) is 2.20. The fourth-order valence-corrected chi connectivity index (χ4v) is 3.25. The van der Waals surface area contributed by atoms with E-state index in [2.05, 4.69) is 23.4 Å². The van der Waals surface area contributed by atoms with Crippen molar-refractivity contribution in [3.05, 3.63) is 63.2 Å². The van der Waals surface area contributed by atoms with Crippen LogP contribution >= 0.6 is 34.5 Å². The summed E-state index contributed by atoms with van der Waals surface area (Å²) in [5.74, 6) is 0. The second kappa shape index (κ2) is 6.10. The average molecular weight is 338 g/mol. The Morgan fingerprint density at radius 3 is 2.81 bits per heavy atom. The first-order valence-electron chi connectivity index (χ1n) is 6.42. The minimum absolute atomic E-state index is 0.577. The molecule has 108 valence electrons. The van der Waals surface area contributed by atoms with Crippen molar-refractivity contribution in [2.24, 2.45) is 0 Å². The van der Waals surface area contributed by atoms with E-state index in [1.165, 1.54) is 4.88 Å². The molecule has 0 aliphatic heterocycles. The fraction of sp³-hybridized carbons (Fsp3) is 0.133. The molecule has 2 heterocycles. The molecule has 0 fully saturated rings. The molecule has 2 aromatic heterocycles. The zero-order valence-electron chi connectivity index (χ0n) is 11.3. The van der Waals surface area contributed by atoms with E-state index < -0.39 is 0 Å². The van der Waals surface area contributed by atoms with Gasteiger partial charge in [-0.15, -0.1) is 11.3 Å². The van der Waals surface area contributed by atoms with Crippen LogP contribution in [0.2, 0.25) is 10.0 Å². The second-order valence-electron chi connectivity index (χ2n) is 4.61. The number of nitrogens with zero attached hydrogens (tertiary/aromatic N) is 2. The lowest BCUT2D eigenvalue weighted by Gasteiger charge is -2.06. The molecule has 21 heavy (non-hydrogen) atoms. The minimum Gasteiger partial charge on any atom is -0.380 e. The van der Waals surface area contributed by atoms with Crippen molar-refractivity contribution in [1.82, 2.24) is 9.78 Å². The molecule has 0 aliphatic carbocycles. The highest BCUT2D eigenvalue weighted by atomic mass is 35.5. The van der Waals surface area contributed by atoms with Crippen LogP contribution in [0, 0.1) is 6.92 Å². The Bertz CT molecular complexity index is 750. The lowest BCUT2D eigenvalue weighted by molar-refractivity contribution is 0.897. The van der Waals surface area contributed by atoms with Crippen LogP contribution < -0.4 is 5.32 Å². The van der Waals surface area contributed by atoms with Crippen molar-refractivity contribution in [3.8, 4) is 5.00 Å². The average Bonchev–Trinajstić information content (AvgIpc) is 3.10. The number of thiophene rings is 1. The maximum absolute atomic E-state index is 6.03. The zero-order chi connectivity index (χ0) is 14.8. The van der Waals surface area contributed by atoms with Gasteiger partial charge in [0.25, 0.3) is 0 Å². The number of hydrogen-bond acceptors (Lipinski definition) is 3. The van der Waals surface area contributed by atoms with Gasteiger partial charge >= 0.3 is 0 Å². The third-order valence-electron chi connectivity index (χ3n) is 3.10. The molecule has 1 N–H and O–H groups in total. The Morgan fingerprint density at radius 1 is 1.24 bits per heavy atom. The first-order chi connectivity index (χ1) is 10.1. The Morgan fingerprint density at radius 2 is 2.10 bits per heavy atom. The molecule has 6 heteroatoms. The van der Waals surface area contributed by atoms with E-state index in [0.717, 1.165) is 16.3 Å². The van der Waals surface area contributed by atoms with Gasteiger partial charge in [0.15, 0.2) is 0 Å². The Balaban J connectivity index is 1.74. The smallest absolute Gasteiger partial charge is 0.119 e. The van der Waals surface area contributed by atoms with Gasteiger partial charge in [-0.3, -0.25) is 0 Å². The van der Waals surface area contributed by atoms with E-state index in [1.54, 1.807) is 17.5 Å². The van der Waals surface area contributed by atoms with E-state index >= 15 is 0 Å². The monoisotopic (exact) mass is 337 g/mol. The van der Waals surface area contributed by atoms with E-state index in [0.29, 0.717) is 16.6 Å². The summed E-state index contributed by atoms with van der Waals surface area (Å²) in [6.07, 6.45) is 3.71. The van der Waals surface area contributed by atoms with Crippen molar-refractivity contribution in [2.45, 2.75) is 13.5 Å². The summed E-state index contributed by atoms with van der Waals surface area (Å²) >= 11 is 13.7. The number of aromatic nitrogens is 2. The lowest BCUT2D eigenvalue weighted by Crippen LogP contribution is -1.99. The number of anilines is 1. The van der Waals surface area contributed by atoms with Crippen LogP contribution in [0.1, 0.15) is 10.4 Å². The molecule has 0 atom stereocenters. The highest BCUT2D eigenvalue weighted by Gasteiger charge is 2.07.